The molecule has 1 amide bonds. The van der Waals surface area contributed by atoms with Crippen molar-refractivity contribution in [1.29, 1.82) is 0 Å². The van der Waals surface area contributed by atoms with Crippen molar-refractivity contribution in [2.75, 3.05) is 11.9 Å². The summed E-state index contributed by atoms with van der Waals surface area (Å²) in [4.78, 5) is 12.5. The van der Waals surface area contributed by atoms with Crippen molar-refractivity contribution in [3.63, 3.8) is 0 Å². The van der Waals surface area contributed by atoms with E-state index in [0.717, 1.165) is 16.8 Å². The molecule has 0 bridgehead atoms. The molecule has 1 heterocycles. The summed E-state index contributed by atoms with van der Waals surface area (Å²) in [7, 11) is -4.03. The third kappa shape index (κ3) is 4.38. The van der Waals surface area contributed by atoms with Gasteiger partial charge in [-0.05, 0) is 42.3 Å². The largest absolute Gasteiger partial charge is 0.494 e. The van der Waals surface area contributed by atoms with Crippen LogP contribution in [0.15, 0.2) is 71.6 Å². The van der Waals surface area contributed by atoms with Gasteiger partial charge in [-0.25, -0.2) is 13.6 Å². The summed E-state index contributed by atoms with van der Waals surface area (Å²) in [6, 6.07) is 20.1. The highest BCUT2D eigenvalue weighted by atomic mass is 32.2. The number of rotatable bonds is 6. The van der Waals surface area contributed by atoms with Gasteiger partial charge in [-0.1, -0.05) is 48.5 Å². The van der Waals surface area contributed by atoms with Crippen molar-refractivity contribution in [1.82, 2.24) is 0 Å². The molecule has 0 spiro atoms. The second kappa shape index (κ2) is 8.37. The molecule has 3 N–H and O–H groups in total. The maximum Gasteiger partial charge on any atom is 0.256 e. The molecule has 0 radical (unpaired) electrons. The number of hydrogen-bond acceptors (Lipinski definition) is 4. The number of para-hydroxylation sites is 1. The SMILES string of the molecule is CCOc1cc(/C=C2\C(=O)Nc3ccccc32)cc(S(N)(=O)=O)c1Cc1ccccc1. The molecule has 0 saturated heterocycles. The van der Waals surface area contributed by atoms with Gasteiger partial charge in [0.25, 0.3) is 5.91 Å². The number of nitrogens with two attached hydrogens (primary N) is 1. The van der Waals surface area contributed by atoms with Crippen LogP contribution in [0, 0.1) is 0 Å². The number of carbonyl (C=O) groups excluding carboxylic acids is 1. The standard InChI is InChI=1S/C24H22N2O4S/c1-2-30-22-14-17(13-19-18-10-6-7-11-21(18)26-24(19)27)15-23(31(25,28)29)20(22)12-16-8-4-3-5-9-16/h3-11,13-15H,2,12H2,1H3,(H,26,27)(H2,25,28,29)/b19-13-. The fraction of sp³-hybridized carbons (Fsp3) is 0.125. The lowest BCUT2D eigenvalue weighted by Crippen LogP contribution is -2.16. The molecule has 6 nitrogen and oxygen atoms in total. The third-order valence-electron chi connectivity index (χ3n) is 5.04. The number of sulfonamides is 1. The minimum atomic E-state index is -4.03. The van der Waals surface area contributed by atoms with E-state index in [-0.39, 0.29) is 10.8 Å². The second-order valence-electron chi connectivity index (χ2n) is 7.19. The van der Waals surface area contributed by atoms with Gasteiger partial charge in [0.2, 0.25) is 10.0 Å². The normalized spacial score (nSPS) is 14.4. The average molecular weight is 435 g/mol. The van der Waals surface area contributed by atoms with E-state index in [1.54, 1.807) is 12.1 Å². The molecule has 3 aromatic rings. The summed E-state index contributed by atoms with van der Waals surface area (Å²) < 4.78 is 30.7. The van der Waals surface area contributed by atoms with E-state index in [1.165, 1.54) is 6.07 Å². The van der Waals surface area contributed by atoms with Crippen LogP contribution in [0.1, 0.15) is 29.2 Å². The maximum atomic E-state index is 12.5. The number of fused-ring (bicyclic) bond motifs is 1. The van der Waals surface area contributed by atoms with Crippen molar-refractivity contribution in [3.05, 3.63) is 89.0 Å². The summed E-state index contributed by atoms with van der Waals surface area (Å²) >= 11 is 0. The number of carbonyl (C=O) groups is 1. The summed E-state index contributed by atoms with van der Waals surface area (Å²) in [5.41, 5.74) is 3.88. The minimum Gasteiger partial charge on any atom is -0.494 e. The van der Waals surface area contributed by atoms with Gasteiger partial charge in [0.05, 0.1) is 11.5 Å². The van der Waals surface area contributed by atoms with Gasteiger partial charge in [-0.15, -0.1) is 0 Å². The minimum absolute atomic E-state index is 0.0131. The van der Waals surface area contributed by atoms with Crippen LogP contribution in [0.2, 0.25) is 0 Å². The smallest absolute Gasteiger partial charge is 0.256 e. The van der Waals surface area contributed by atoms with Gasteiger partial charge in [0.1, 0.15) is 5.75 Å². The molecule has 0 atom stereocenters. The molecule has 0 aliphatic carbocycles. The highest BCUT2D eigenvalue weighted by molar-refractivity contribution is 7.89. The predicted octanol–water partition coefficient (Wildman–Crippen LogP) is 3.82. The van der Waals surface area contributed by atoms with Crippen molar-refractivity contribution in [2.45, 2.75) is 18.2 Å². The van der Waals surface area contributed by atoms with E-state index in [9.17, 15) is 13.2 Å². The fourth-order valence-corrected chi connectivity index (χ4v) is 4.50. The van der Waals surface area contributed by atoms with Crippen LogP contribution in [0.4, 0.5) is 5.69 Å². The lowest BCUT2D eigenvalue weighted by Gasteiger charge is -2.16. The van der Waals surface area contributed by atoms with Crippen LogP contribution in [-0.4, -0.2) is 20.9 Å². The van der Waals surface area contributed by atoms with Crippen LogP contribution >= 0.6 is 0 Å². The Morgan fingerprint density at radius 1 is 1.03 bits per heavy atom. The van der Waals surface area contributed by atoms with E-state index in [4.69, 9.17) is 9.88 Å². The zero-order valence-corrected chi connectivity index (χ0v) is 17.8. The Kier molecular flexibility index (Phi) is 5.63. The Hall–Kier alpha value is -3.42. The molecule has 0 saturated carbocycles. The molecule has 0 unspecified atom stereocenters. The lowest BCUT2D eigenvalue weighted by atomic mass is 9.99. The molecular formula is C24H22N2O4S. The maximum absolute atomic E-state index is 12.5. The molecule has 0 fully saturated rings. The third-order valence-corrected chi connectivity index (χ3v) is 6.02. The number of benzene rings is 3. The van der Waals surface area contributed by atoms with E-state index in [2.05, 4.69) is 5.32 Å². The molecule has 158 valence electrons. The van der Waals surface area contributed by atoms with E-state index < -0.39 is 10.0 Å². The quantitative estimate of drug-likeness (QED) is 0.576. The Bertz CT molecular complexity index is 1280. The second-order valence-corrected chi connectivity index (χ2v) is 8.72. The Morgan fingerprint density at radius 2 is 1.74 bits per heavy atom. The van der Waals surface area contributed by atoms with E-state index >= 15 is 0 Å². The van der Waals surface area contributed by atoms with Gasteiger partial charge in [0, 0.05) is 28.8 Å². The molecular weight excluding hydrogens is 412 g/mol. The molecule has 0 aromatic heterocycles. The first-order chi connectivity index (χ1) is 14.9. The first kappa shape index (κ1) is 20.8. The van der Waals surface area contributed by atoms with Crippen molar-refractivity contribution in [2.24, 2.45) is 5.14 Å². The van der Waals surface area contributed by atoms with Crippen LogP contribution in [0.25, 0.3) is 11.6 Å². The zero-order valence-electron chi connectivity index (χ0n) is 17.0. The van der Waals surface area contributed by atoms with E-state index in [1.807, 2.05) is 61.5 Å². The topological polar surface area (TPSA) is 98.5 Å². The first-order valence-electron chi connectivity index (χ1n) is 9.85. The van der Waals surface area contributed by atoms with Gasteiger partial charge in [0.15, 0.2) is 0 Å². The lowest BCUT2D eigenvalue weighted by molar-refractivity contribution is -0.110. The van der Waals surface area contributed by atoms with Crippen molar-refractivity contribution >= 4 is 33.3 Å². The summed E-state index contributed by atoms with van der Waals surface area (Å²) in [5, 5.41) is 8.39. The Balaban J connectivity index is 1.88. The number of anilines is 1. The summed E-state index contributed by atoms with van der Waals surface area (Å²) in [5.74, 6) is 0.182. The van der Waals surface area contributed by atoms with Gasteiger partial charge < -0.3 is 10.1 Å². The van der Waals surface area contributed by atoms with Crippen molar-refractivity contribution < 1.29 is 17.9 Å². The van der Waals surface area contributed by atoms with Gasteiger partial charge >= 0.3 is 0 Å². The molecule has 1 aliphatic rings. The highest BCUT2D eigenvalue weighted by Crippen LogP contribution is 2.35. The van der Waals surface area contributed by atoms with Gasteiger partial charge in [-0.2, -0.15) is 0 Å². The van der Waals surface area contributed by atoms with Crippen LogP contribution in [-0.2, 0) is 21.2 Å². The van der Waals surface area contributed by atoms with Crippen LogP contribution in [0.5, 0.6) is 5.75 Å². The monoisotopic (exact) mass is 434 g/mol. The van der Waals surface area contributed by atoms with Gasteiger partial charge in [-0.3, -0.25) is 4.79 Å². The van der Waals surface area contributed by atoms with Crippen molar-refractivity contribution in [3.8, 4) is 5.75 Å². The van der Waals surface area contributed by atoms with Crippen LogP contribution < -0.4 is 15.2 Å². The first-order valence-corrected chi connectivity index (χ1v) is 11.4. The van der Waals surface area contributed by atoms with E-state index in [0.29, 0.717) is 35.5 Å². The number of ether oxygens (including phenoxy) is 1. The molecule has 1 aliphatic heterocycles. The number of nitrogens with one attached hydrogen (secondary N) is 1. The summed E-state index contributed by atoms with van der Waals surface area (Å²) in [6.45, 7) is 2.18. The highest BCUT2D eigenvalue weighted by Gasteiger charge is 2.25. The average Bonchev–Trinajstić information content (AvgIpc) is 3.05. The molecule has 31 heavy (non-hydrogen) atoms. The predicted molar refractivity (Wildman–Crippen MR) is 121 cm³/mol. The molecule has 7 heteroatoms. The summed E-state index contributed by atoms with van der Waals surface area (Å²) in [6.07, 6.45) is 2.01. The zero-order chi connectivity index (χ0) is 22.0. The molecule has 3 aromatic carbocycles. The number of primary sulfonamides is 1. The van der Waals surface area contributed by atoms with Crippen LogP contribution in [0.3, 0.4) is 0 Å². The number of hydrogen-bond donors (Lipinski definition) is 2. The molecule has 4 rings (SSSR count). The number of amides is 1. The Labute approximate surface area is 181 Å². The Morgan fingerprint density at radius 3 is 2.45 bits per heavy atom. The fourth-order valence-electron chi connectivity index (χ4n) is 3.68.